The molecular formula is C28H23N5O5. The highest BCUT2D eigenvalue weighted by Crippen LogP contribution is 2.48. The van der Waals surface area contributed by atoms with Crippen molar-refractivity contribution >= 4 is 11.9 Å². The molecule has 0 fully saturated rings. The molecule has 0 radical (unpaired) electrons. The molecule has 1 aliphatic rings. The predicted molar refractivity (Wildman–Crippen MR) is 138 cm³/mol. The molecule has 10 nitrogen and oxygen atoms in total. The fraction of sp³-hybridized carbons (Fsp3) is 0.143. The van der Waals surface area contributed by atoms with Gasteiger partial charge >= 0.3 is 0 Å². The Labute approximate surface area is 217 Å². The highest BCUT2D eigenvalue weighted by Gasteiger charge is 2.33. The number of ether oxygens (including phenoxy) is 3. The van der Waals surface area contributed by atoms with Crippen molar-refractivity contribution in [2.24, 2.45) is 5.16 Å². The van der Waals surface area contributed by atoms with Gasteiger partial charge in [-0.15, -0.1) is 5.10 Å². The first-order valence-corrected chi connectivity index (χ1v) is 11.8. The highest BCUT2D eigenvalue weighted by atomic mass is 16.6. The van der Waals surface area contributed by atoms with E-state index in [9.17, 15) is 5.11 Å². The molecule has 0 saturated carbocycles. The number of oxime groups is 1. The normalized spacial score (nSPS) is 14.1. The smallest absolute Gasteiger partial charge is 0.228 e. The Morgan fingerprint density at radius 2 is 1.74 bits per heavy atom. The lowest BCUT2D eigenvalue weighted by atomic mass is 9.84. The summed E-state index contributed by atoms with van der Waals surface area (Å²) in [5.41, 5.74) is 4.09. The molecular weight excluding hydrogens is 486 g/mol. The zero-order valence-electron chi connectivity index (χ0n) is 20.6. The summed E-state index contributed by atoms with van der Waals surface area (Å²) < 4.78 is 18.2. The predicted octanol–water partition coefficient (Wildman–Crippen LogP) is 4.68. The van der Waals surface area contributed by atoms with Crippen LogP contribution in [0.25, 0.3) is 5.65 Å². The summed E-state index contributed by atoms with van der Waals surface area (Å²) in [7, 11) is 3.25. The van der Waals surface area contributed by atoms with Gasteiger partial charge in [0.2, 0.25) is 5.88 Å². The number of nitrogens with zero attached hydrogens (tertiary/aromatic N) is 5. The zero-order chi connectivity index (χ0) is 26.1. The third-order valence-electron chi connectivity index (χ3n) is 6.27. The SMILES string of the molecule is COc1ccc(/C=N\OCc2nc3c4c(ncn3n2)Oc2cc(O)ccc2[C@H]4c2ccc(OC)cc2)cc1. The maximum absolute atomic E-state index is 10.1. The summed E-state index contributed by atoms with van der Waals surface area (Å²) in [5, 5.41) is 18.6. The van der Waals surface area contributed by atoms with Crippen molar-refractivity contribution in [1.82, 2.24) is 19.6 Å². The zero-order valence-corrected chi connectivity index (χ0v) is 20.6. The quantitative estimate of drug-likeness (QED) is 0.244. The molecule has 1 N–H and O–H groups in total. The van der Waals surface area contributed by atoms with E-state index >= 15 is 0 Å². The van der Waals surface area contributed by atoms with E-state index < -0.39 is 0 Å². The Morgan fingerprint density at radius 3 is 2.47 bits per heavy atom. The second-order valence-corrected chi connectivity index (χ2v) is 8.57. The van der Waals surface area contributed by atoms with Gasteiger partial charge in [0.15, 0.2) is 18.1 Å². The molecule has 0 bridgehead atoms. The molecule has 0 amide bonds. The number of aromatic nitrogens is 4. The Hall–Kier alpha value is -5.12. The highest BCUT2D eigenvalue weighted by molar-refractivity contribution is 5.79. The number of hydrogen-bond acceptors (Lipinski definition) is 9. The van der Waals surface area contributed by atoms with Gasteiger partial charge in [0.1, 0.15) is 29.3 Å². The lowest BCUT2D eigenvalue weighted by Gasteiger charge is -2.28. The number of phenols is 1. The summed E-state index contributed by atoms with van der Waals surface area (Å²) in [6.45, 7) is 0.0711. The van der Waals surface area contributed by atoms with Crippen LogP contribution in [-0.4, -0.2) is 45.1 Å². The number of phenolic OH excluding ortho intramolecular Hbond substituents is 1. The van der Waals surface area contributed by atoms with Gasteiger partial charge in [0.25, 0.3) is 0 Å². The van der Waals surface area contributed by atoms with Crippen LogP contribution in [0.3, 0.4) is 0 Å². The van der Waals surface area contributed by atoms with Gasteiger partial charge in [-0.05, 0) is 53.6 Å². The largest absolute Gasteiger partial charge is 0.508 e. The minimum Gasteiger partial charge on any atom is -0.508 e. The summed E-state index contributed by atoms with van der Waals surface area (Å²) in [6, 6.07) is 20.3. The summed E-state index contributed by atoms with van der Waals surface area (Å²) >= 11 is 0. The first kappa shape index (κ1) is 23.3. The van der Waals surface area contributed by atoms with Crippen LogP contribution in [0, 0.1) is 0 Å². The average molecular weight is 510 g/mol. The molecule has 1 atom stereocenters. The van der Waals surface area contributed by atoms with Gasteiger partial charge in [-0.2, -0.15) is 0 Å². The van der Waals surface area contributed by atoms with Crippen LogP contribution >= 0.6 is 0 Å². The average Bonchev–Trinajstić information content (AvgIpc) is 3.38. The van der Waals surface area contributed by atoms with Crippen molar-refractivity contribution in [3.8, 4) is 28.9 Å². The third kappa shape index (κ3) is 4.32. The number of fused-ring (bicyclic) bond motifs is 4. The molecule has 0 spiro atoms. The van der Waals surface area contributed by atoms with Crippen LogP contribution in [0.2, 0.25) is 0 Å². The summed E-state index contributed by atoms with van der Waals surface area (Å²) in [6.07, 6.45) is 3.16. The van der Waals surface area contributed by atoms with Gasteiger partial charge in [0, 0.05) is 17.5 Å². The Balaban J connectivity index is 1.33. The van der Waals surface area contributed by atoms with E-state index in [0.717, 1.165) is 33.8 Å². The van der Waals surface area contributed by atoms with Crippen LogP contribution < -0.4 is 14.2 Å². The van der Waals surface area contributed by atoms with Crippen molar-refractivity contribution in [2.75, 3.05) is 14.2 Å². The minimum atomic E-state index is -0.262. The van der Waals surface area contributed by atoms with Crippen molar-refractivity contribution in [1.29, 1.82) is 0 Å². The molecule has 10 heteroatoms. The molecule has 38 heavy (non-hydrogen) atoms. The fourth-order valence-electron chi connectivity index (χ4n) is 4.43. The number of benzene rings is 3. The van der Waals surface area contributed by atoms with Crippen molar-refractivity contribution < 1.29 is 24.2 Å². The molecule has 0 saturated heterocycles. The molecule has 0 aliphatic carbocycles. The topological polar surface area (TPSA) is 113 Å². The van der Waals surface area contributed by atoms with Gasteiger partial charge in [-0.3, -0.25) is 0 Å². The lowest BCUT2D eigenvalue weighted by molar-refractivity contribution is 0.126. The monoisotopic (exact) mass is 509 g/mol. The molecule has 190 valence electrons. The number of aromatic hydroxyl groups is 1. The van der Waals surface area contributed by atoms with Gasteiger partial charge in [-0.1, -0.05) is 23.4 Å². The second kappa shape index (κ2) is 9.74. The summed E-state index contributed by atoms with van der Waals surface area (Å²) in [4.78, 5) is 14.7. The molecule has 3 heterocycles. The third-order valence-corrected chi connectivity index (χ3v) is 6.27. The van der Waals surface area contributed by atoms with Gasteiger partial charge in [-0.25, -0.2) is 14.5 Å². The maximum atomic E-state index is 10.1. The number of methoxy groups -OCH3 is 2. The molecule has 3 aromatic carbocycles. The van der Waals surface area contributed by atoms with Crippen LogP contribution in [-0.2, 0) is 11.4 Å². The Bertz CT molecular complexity index is 1630. The number of hydrogen-bond donors (Lipinski definition) is 1. The molecule has 2 aromatic heterocycles. The van der Waals surface area contributed by atoms with E-state index in [4.69, 9.17) is 24.0 Å². The lowest BCUT2D eigenvalue weighted by Crippen LogP contribution is -2.15. The van der Waals surface area contributed by atoms with E-state index in [1.165, 1.54) is 0 Å². The second-order valence-electron chi connectivity index (χ2n) is 8.57. The van der Waals surface area contributed by atoms with E-state index in [2.05, 4.69) is 15.2 Å². The van der Waals surface area contributed by atoms with Crippen molar-refractivity contribution in [2.45, 2.75) is 12.5 Å². The molecule has 5 aromatic rings. The van der Waals surface area contributed by atoms with Crippen molar-refractivity contribution in [3.05, 3.63) is 101 Å². The van der Waals surface area contributed by atoms with E-state index in [0.29, 0.717) is 23.1 Å². The molecule has 1 aliphatic heterocycles. The number of rotatable bonds is 7. The molecule has 0 unspecified atom stereocenters. The van der Waals surface area contributed by atoms with Gasteiger partial charge in [0.05, 0.1) is 26.0 Å². The standard InChI is InChI=1S/C28H23N5O5/c1-35-20-8-3-17(4-9-20)14-30-37-15-24-31-27-26-25(18-5-10-21(36-2)11-6-18)22-12-7-19(34)13-23(22)38-28(26)29-16-33(27)32-24/h3-14,16,25,34H,15H2,1-2H3/b30-14-/t25-/m1/s1. The molecule has 6 rings (SSSR count). The van der Waals surface area contributed by atoms with Crippen LogP contribution in [0.5, 0.6) is 28.9 Å². The van der Waals surface area contributed by atoms with E-state index in [1.54, 1.807) is 43.4 Å². The van der Waals surface area contributed by atoms with Crippen molar-refractivity contribution in [3.63, 3.8) is 0 Å². The van der Waals surface area contributed by atoms with Crippen LogP contribution in [0.1, 0.15) is 34.0 Å². The van der Waals surface area contributed by atoms with E-state index in [1.807, 2.05) is 54.6 Å². The first-order valence-electron chi connectivity index (χ1n) is 11.8. The maximum Gasteiger partial charge on any atom is 0.228 e. The first-order chi connectivity index (χ1) is 18.6. The van der Waals surface area contributed by atoms with Gasteiger partial charge < -0.3 is 24.2 Å². The Kier molecular flexibility index (Phi) is 5.97. The summed E-state index contributed by atoms with van der Waals surface area (Å²) in [5.74, 6) is 2.74. The minimum absolute atomic E-state index is 0.0711. The van der Waals surface area contributed by atoms with Crippen LogP contribution in [0.15, 0.2) is 78.2 Å². The Morgan fingerprint density at radius 1 is 1.00 bits per heavy atom. The van der Waals surface area contributed by atoms with E-state index in [-0.39, 0.29) is 18.3 Å². The van der Waals surface area contributed by atoms with Crippen LogP contribution in [0.4, 0.5) is 0 Å². The fourth-order valence-corrected chi connectivity index (χ4v) is 4.43.